The van der Waals surface area contributed by atoms with Crippen molar-refractivity contribution in [3.63, 3.8) is 0 Å². The van der Waals surface area contributed by atoms with Crippen molar-refractivity contribution < 1.29 is 19.5 Å². The van der Waals surface area contributed by atoms with E-state index in [-0.39, 0.29) is 4.31 Å². The molecular formula is C14H18FeO3S. The Balaban J connectivity index is 1.59. The summed E-state index contributed by atoms with van der Waals surface area (Å²) in [5.41, 5.74) is 0. The molecule has 1 N–H and O–H groups in total. The third kappa shape index (κ3) is 0.0853. The van der Waals surface area contributed by atoms with Crippen LogP contribution in [0, 0.1) is 0 Å². The maximum atomic E-state index is 12.6. The van der Waals surface area contributed by atoms with Gasteiger partial charge in [0.1, 0.15) is 0 Å². The van der Waals surface area contributed by atoms with E-state index in [9.17, 15) is 13.0 Å². The molecule has 0 saturated carbocycles. The minimum atomic E-state index is -3.81. The van der Waals surface area contributed by atoms with E-state index >= 15 is 0 Å². The minimum absolute atomic E-state index is 0.287. The summed E-state index contributed by atoms with van der Waals surface area (Å²) in [5.74, 6) is 0. The monoisotopic (exact) mass is 322 g/mol. The second-order valence-corrected chi connectivity index (χ2v) is 36.7. The number of rotatable bonds is 4. The normalized spacial score (nSPS) is 113. The van der Waals surface area contributed by atoms with E-state index in [0.717, 1.165) is 33.7 Å². The maximum absolute atomic E-state index is 12.6. The number of hydrogen-bond acceptors (Lipinski definition) is 2. The molecule has 10 heterocycles. The fourth-order valence-corrected chi connectivity index (χ4v) is 107. The summed E-state index contributed by atoms with van der Waals surface area (Å²) in [7, 11) is -3.77. The molecule has 10 aliphatic rings. The van der Waals surface area contributed by atoms with Crippen LogP contribution in [-0.4, -0.2) is 16.6 Å². The van der Waals surface area contributed by atoms with Crippen molar-refractivity contribution >= 4 is 10.1 Å². The van der Waals surface area contributed by atoms with Crippen LogP contribution in [0.3, 0.4) is 0 Å². The Morgan fingerprint density at radius 2 is 1.63 bits per heavy atom. The third-order valence-corrected chi connectivity index (χ3v) is 64.8. The van der Waals surface area contributed by atoms with E-state index < -0.39 is 20.3 Å². The van der Waals surface area contributed by atoms with Crippen molar-refractivity contribution in [1.82, 2.24) is 0 Å². The molecule has 10 fully saturated rings. The summed E-state index contributed by atoms with van der Waals surface area (Å²) in [6, 6.07) is 0. The van der Waals surface area contributed by atoms with Crippen LogP contribution in [-0.2, 0) is 16.6 Å². The summed E-state index contributed by atoms with van der Waals surface area (Å²) in [6.07, 6.45) is 3.60. The molecule has 10 aliphatic heterocycles. The first-order chi connectivity index (χ1) is 8.75. The Hall–Kier alpha value is 0.429. The molecule has 3 nitrogen and oxygen atoms in total. The van der Waals surface area contributed by atoms with E-state index in [4.69, 9.17) is 0 Å². The second-order valence-electron chi connectivity index (χ2n) is 11.4. The molecule has 10 rings (SSSR count). The van der Waals surface area contributed by atoms with Crippen molar-refractivity contribution in [2.24, 2.45) is 0 Å². The van der Waals surface area contributed by atoms with Crippen LogP contribution >= 0.6 is 0 Å². The van der Waals surface area contributed by atoms with Crippen LogP contribution in [0.1, 0.15) is 26.2 Å². The molecular weight excluding hydrogens is 304 g/mol. The van der Waals surface area contributed by atoms with Gasteiger partial charge >= 0.3 is 102 Å². The quantitative estimate of drug-likeness (QED) is 0.634. The average Bonchev–Trinajstić information content (AvgIpc) is 3.27. The van der Waals surface area contributed by atoms with Crippen molar-refractivity contribution in [2.45, 2.75) is 72.7 Å². The van der Waals surface area contributed by atoms with Crippen molar-refractivity contribution in [2.75, 3.05) is 0 Å². The van der Waals surface area contributed by atoms with Crippen molar-refractivity contribution in [3.8, 4) is 0 Å². The fraction of sp³-hybridized carbons (Fsp3) is 1.00. The molecule has 0 aromatic heterocycles. The Bertz CT molecular complexity index is 1140. The van der Waals surface area contributed by atoms with E-state index in [1.807, 2.05) is 0 Å². The Morgan fingerprint density at radius 1 is 1.05 bits per heavy atom. The number of fused-ring (bicyclic) bond motifs is 10. The van der Waals surface area contributed by atoms with Crippen LogP contribution in [0.25, 0.3) is 0 Å². The Kier molecular flexibility index (Phi) is 0.294. The van der Waals surface area contributed by atoms with Gasteiger partial charge in [0.25, 0.3) is 0 Å². The van der Waals surface area contributed by atoms with Gasteiger partial charge < -0.3 is 0 Å². The fourth-order valence-electron chi connectivity index (χ4n) is 18.7. The van der Waals surface area contributed by atoms with Gasteiger partial charge in [0, 0.05) is 0 Å². The van der Waals surface area contributed by atoms with E-state index in [1.165, 1.54) is 19.3 Å². The van der Waals surface area contributed by atoms with Crippen LogP contribution in [0.5, 0.6) is 0 Å². The number of unbranched alkanes of at least 4 members (excludes halogenated alkanes) is 1. The van der Waals surface area contributed by atoms with Crippen molar-refractivity contribution in [3.05, 3.63) is 0 Å². The first-order valence-electron chi connectivity index (χ1n) is 7.93. The average molecular weight is 322 g/mol. The standard InChI is InChI=1S/C9H13O3S.C5H5.Fe/c1-2-3-5-8-6-4-7-9(8)13(10,11)12;1-2-4-5-3-1;/h4,6-7H,2-3,5H2,1H3,(H,10,11,12);1-5H;. The molecule has 5 heteroatoms. The molecule has 0 bridgehead atoms. The zero-order valence-electron chi connectivity index (χ0n) is 10.8. The zero-order valence-corrected chi connectivity index (χ0v) is 12.7. The van der Waals surface area contributed by atoms with Gasteiger partial charge in [-0.15, -0.1) is 0 Å². The molecule has 0 amide bonds. The predicted octanol–water partition coefficient (Wildman–Crippen LogP) is 3.73. The van der Waals surface area contributed by atoms with E-state index in [0.29, 0.717) is 4.82 Å². The molecule has 106 valence electrons. The van der Waals surface area contributed by atoms with Gasteiger partial charge in [-0.1, -0.05) is 0 Å². The summed E-state index contributed by atoms with van der Waals surface area (Å²) < 4.78 is 35.3. The van der Waals surface area contributed by atoms with Gasteiger partial charge in [0.2, 0.25) is 0 Å². The molecule has 19 heavy (non-hydrogen) atoms. The molecule has 5 unspecified atom stereocenters. The SMILES string of the molecule is CCCC[C]12[CH]3[CH]4[CH]5[C]1(S(=O)(=O)O)[Fe]43521678[CH]2[CH]1[CH]6[CH]7[CH]28. The Labute approximate surface area is 102 Å². The summed E-state index contributed by atoms with van der Waals surface area (Å²) in [4.78, 5) is 7.35. The summed E-state index contributed by atoms with van der Waals surface area (Å²) in [6.45, 7) is -1.58. The first-order valence-corrected chi connectivity index (χ1v) is 15.6. The molecule has 0 aliphatic carbocycles. The summed E-state index contributed by atoms with van der Waals surface area (Å²) >= 11 is 0. The molecule has 1 spiro atoms. The van der Waals surface area contributed by atoms with Gasteiger partial charge in [0.15, 0.2) is 0 Å². The van der Waals surface area contributed by atoms with Crippen molar-refractivity contribution in [1.29, 1.82) is 0 Å². The molecule has 0 aromatic carbocycles. The van der Waals surface area contributed by atoms with E-state index in [1.54, 1.807) is 0 Å². The van der Waals surface area contributed by atoms with Crippen LogP contribution in [0.2, 0.25) is 42.8 Å². The topological polar surface area (TPSA) is 54.4 Å². The second kappa shape index (κ2) is 0.685. The molecule has 0 radical (unpaired) electrons. The molecule has 10 saturated heterocycles. The summed E-state index contributed by atoms with van der Waals surface area (Å²) in [5, 5.41) is 0. The number of hydrogen-bond donors (Lipinski definition) is 1. The molecule has 5 atom stereocenters. The first kappa shape index (κ1) is 8.16. The van der Waals surface area contributed by atoms with Crippen LogP contribution in [0.4, 0.5) is 0 Å². The molecule has 0 aromatic rings. The third-order valence-electron chi connectivity index (χ3n) is 16.3. The van der Waals surface area contributed by atoms with Crippen LogP contribution < -0.4 is 0 Å². The van der Waals surface area contributed by atoms with Gasteiger partial charge in [-0.2, -0.15) is 0 Å². The van der Waals surface area contributed by atoms with Gasteiger partial charge in [0.05, 0.1) is 0 Å². The van der Waals surface area contributed by atoms with Crippen LogP contribution in [0.15, 0.2) is 0 Å². The van der Waals surface area contributed by atoms with Gasteiger partial charge in [-0.3, -0.25) is 0 Å². The van der Waals surface area contributed by atoms with Gasteiger partial charge in [-0.05, 0) is 0 Å². The zero-order chi connectivity index (χ0) is 12.6. The Morgan fingerprint density at radius 3 is 1.95 bits per heavy atom. The predicted molar refractivity (Wildman–Crippen MR) is 66.5 cm³/mol. The van der Waals surface area contributed by atoms with E-state index in [2.05, 4.69) is 6.92 Å². The van der Waals surface area contributed by atoms with Gasteiger partial charge in [-0.25, -0.2) is 0 Å².